The molecule has 1 aliphatic rings. The van der Waals surface area contributed by atoms with E-state index in [1.54, 1.807) is 11.8 Å². The Kier molecular flexibility index (Phi) is 3.04. The summed E-state index contributed by atoms with van der Waals surface area (Å²) in [6.07, 6.45) is 6.16. The summed E-state index contributed by atoms with van der Waals surface area (Å²) in [4.78, 5) is 1.04. The molecule has 1 rings (SSSR count). The predicted octanol–water partition coefficient (Wildman–Crippen LogP) is 3.15. The Labute approximate surface area is 84.6 Å². The topological polar surface area (TPSA) is 12.5 Å². The van der Waals surface area contributed by atoms with Crippen molar-refractivity contribution in [2.24, 2.45) is 0 Å². The summed E-state index contributed by atoms with van der Waals surface area (Å²) in [6.45, 7) is 12.0. The fourth-order valence-electron chi connectivity index (χ4n) is 1.15. The van der Waals surface area contributed by atoms with E-state index in [1.807, 2.05) is 18.4 Å². The average Bonchev–Trinajstić information content (AvgIpc) is 2.70. The van der Waals surface area contributed by atoms with E-state index in [0.717, 1.165) is 10.5 Å². The Morgan fingerprint density at radius 1 is 1.38 bits per heavy atom. The van der Waals surface area contributed by atoms with E-state index in [2.05, 4.69) is 27.0 Å². The van der Waals surface area contributed by atoms with Crippen molar-refractivity contribution in [2.75, 3.05) is 6.26 Å². The summed E-state index contributed by atoms with van der Waals surface area (Å²) in [6, 6.07) is 0. The first-order chi connectivity index (χ1) is 5.97. The van der Waals surface area contributed by atoms with Crippen LogP contribution in [0.4, 0.5) is 0 Å². The second kappa shape index (κ2) is 3.72. The summed E-state index contributed by atoms with van der Waals surface area (Å²) < 4.78 is 5.44. The van der Waals surface area contributed by atoms with Gasteiger partial charge in [-0.1, -0.05) is 19.2 Å². The van der Waals surface area contributed by atoms with Gasteiger partial charge in [0.1, 0.15) is 6.10 Å². The van der Waals surface area contributed by atoms with Crippen LogP contribution >= 0.6 is 11.8 Å². The highest BCUT2D eigenvalue weighted by Crippen LogP contribution is 2.40. The van der Waals surface area contributed by atoms with Gasteiger partial charge in [-0.15, -0.1) is 11.8 Å². The zero-order valence-electron chi connectivity index (χ0n) is 8.46. The lowest BCUT2D eigenvalue weighted by molar-refractivity contribution is 0.332. The number of epoxide rings is 1. The highest BCUT2D eigenvalue weighted by atomic mass is 32.2. The Morgan fingerprint density at radius 3 is 2.31 bits per heavy atom. The van der Waals surface area contributed by atoms with Crippen LogP contribution in [0.15, 0.2) is 35.8 Å². The molecular formula is C11H16OS. The van der Waals surface area contributed by atoms with Gasteiger partial charge in [0.25, 0.3) is 0 Å². The van der Waals surface area contributed by atoms with Gasteiger partial charge in [-0.2, -0.15) is 0 Å². The molecule has 1 nitrogen and oxygen atoms in total. The molecule has 2 heteroatoms. The fraction of sp³-hybridized carbons (Fsp3) is 0.455. The zero-order chi connectivity index (χ0) is 10.1. The van der Waals surface area contributed by atoms with E-state index in [9.17, 15) is 0 Å². The maximum absolute atomic E-state index is 5.44. The van der Waals surface area contributed by atoms with Gasteiger partial charge in [0.05, 0.1) is 5.60 Å². The van der Waals surface area contributed by atoms with Crippen LogP contribution in [0.3, 0.4) is 0 Å². The van der Waals surface area contributed by atoms with Crippen molar-refractivity contribution in [3.05, 3.63) is 35.8 Å². The van der Waals surface area contributed by atoms with E-state index in [4.69, 9.17) is 4.74 Å². The Balaban J connectivity index is 2.44. The summed E-state index contributed by atoms with van der Waals surface area (Å²) >= 11 is 1.64. The summed E-state index contributed by atoms with van der Waals surface area (Å²) in [5, 5.41) is 0. The molecule has 13 heavy (non-hydrogen) atoms. The second-order valence-electron chi connectivity index (χ2n) is 3.68. The van der Waals surface area contributed by atoms with Gasteiger partial charge in [0.15, 0.2) is 0 Å². The van der Waals surface area contributed by atoms with Crippen LogP contribution in [0.2, 0.25) is 0 Å². The molecule has 1 aliphatic heterocycles. The molecule has 0 aliphatic carbocycles. The Morgan fingerprint density at radius 2 is 1.92 bits per heavy atom. The minimum atomic E-state index is -0.0118. The molecule has 0 saturated carbocycles. The van der Waals surface area contributed by atoms with Crippen molar-refractivity contribution in [3.63, 3.8) is 0 Å². The van der Waals surface area contributed by atoms with Crippen LogP contribution in [-0.4, -0.2) is 18.0 Å². The average molecular weight is 196 g/mol. The number of ether oxygens (including phenoxy) is 1. The second-order valence-corrected chi connectivity index (χ2v) is 4.61. The van der Waals surface area contributed by atoms with Crippen LogP contribution in [0.25, 0.3) is 0 Å². The molecule has 1 atom stereocenters. The van der Waals surface area contributed by atoms with Crippen LogP contribution in [-0.2, 0) is 4.74 Å². The minimum Gasteiger partial charge on any atom is -0.362 e. The third-order valence-corrected chi connectivity index (χ3v) is 2.74. The molecule has 1 saturated heterocycles. The summed E-state index contributed by atoms with van der Waals surface area (Å²) in [7, 11) is 0. The highest BCUT2D eigenvalue weighted by molar-refractivity contribution is 8.02. The number of thioether (sulfide) groups is 1. The number of hydrogen-bond acceptors (Lipinski definition) is 2. The first-order valence-corrected chi connectivity index (χ1v) is 5.47. The molecule has 0 aromatic heterocycles. The van der Waals surface area contributed by atoms with Crippen LogP contribution < -0.4 is 0 Å². The molecule has 72 valence electrons. The van der Waals surface area contributed by atoms with Gasteiger partial charge in [-0.05, 0) is 36.7 Å². The van der Waals surface area contributed by atoms with Crippen molar-refractivity contribution in [3.8, 4) is 0 Å². The minimum absolute atomic E-state index is 0.0118. The molecule has 0 amide bonds. The molecule has 1 unspecified atom stereocenters. The first kappa shape index (κ1) is 10.6. The Hall–Kier alpha value is -0.470. The van der Waals surface area contributed by atoms with E-state index in [1.165, 1.54) is 0 Å². The van der Waals surface area contributed by atoms with Crippen LogP contribution in [0, 0.1) is 0 Å². The smallest absolute Gasteiger partial charge is 0.111 e. The van der Waals surface area contributed by atoms with Gasteiger partial charge in [-0.3, -0.25) is 0 Å². The third-order valence-electron chi connectivity index (χ3n) is 2.08. The normalized spacial score (nSPS) is 24.7. The highest BCUT2D eigenvalue weighted by Gasteiger charge is 2.48. The van der Waals surface area contributed by atoms with Crippen molar-refractivity contribution in [1.82, 2.24) is 0 Å². The van der Waals surface area contributed by atoms with Gasteiger partial charge in [0.2, 0.25) is 0 Å². The van der Waals surface area contributed by atoms with Crippen molar-refractivity contribution in [2.45, 2.75) is 25.6 Å². The third kappa shape index (κ3) is 2.75. The molecular weight excluding hydrogens is 180 g/mol. The lowest BCUT2D eigenvalue weighted by atomic mass is 10.0. The number of allylic oxidation sites excluding steroid dienone is 1. The maximum atomic E-state index is 5.44. The largest absolute Gasteiger partial charge is 0.362 e. The molecule has 0 radical (unpaired) electrons. The quantitative estimate of drug-likeness (QED) is 0.506. The molecule has 0 aromatic carbocycles. The lowest BCUT2D eigenvalue weighted by Crippen LogP contribution is -2.03. The van der Waals surface area contributed by atoms with Crippen LogP contribution in [0.1, 0.15) is 13.8 Å². The monoisotopic (exact) mass is 196 g/mol. The predicted molar refractivity (Wildman–Crippen MR) is 59.9 cm³/mol. The summed E-state index contributed by atoms with van der Waals surface area (Å²) in [5.74, 6) is 0. The Bertz CT molecular complexity index is 263. The van der Waals surface area contributed by atoms with E-state index in [0.29, 0.717) is 0 Å². The zero-order valence-corrected chi connectivity index (χ0v) is 9.28. The van der Waals surface area contributed by atoms with E-state index < -0.39 is 0 Å². The first-order valence-electron chi connectivity index (χ1n) is 4.25. The standard InChI is InChI=1S/C11H16OS/c1-8(6-7-9(2)13-5)10-11(3,4)12-10/h6-7,10H,1-2H2,3-5H3. The van der Waals surface area contributed by atoms with Crippen molar-refractivity contribution >= 4 is 11.8 Å². The number of hydrogen-bond donors (Lipinski definition) is 0. The van der Waals surface area contributed by atoms with Gasteiger partial charge >= 0.3 is 0 Å². The van der Waals surface area contributed by atoms with Gasteiger partial charge < -0.3 is 4.74 Å². The molecule has 1 heterocycles. The van der Waals surface area contributed by atoms with E-state index in [-0.39, 0.29) is 11.7 Å². The van der Waals surface area contributed by atoms with Crippen molar-refractivity contribution < 1.29 is 4.74 Å². The number of rotatable bonds is 4. The molecule has 0 bridgehead atoms. The van der Waals surface area contributed by atoms with Crippen LogP contribution in [0.5, 0.6) is 0 Å². The summed E-state index contributed by atoms with van der Waals surface area (Å²) in [5.41, 5.74) is 1.02. The maximum Gasteiger partial charge on any atom is 0.111 e. The lowest BCUT2D eigenvalue weighted by Gasteiger charge is -1.96. The van der Waals surface area contributed by atoms with Crippen molar-refractivity contribution in [1.29, 1.82) is 0 Å². The van der Waals surface area contributed by atoms with Gasteiger partial charge in [0, 0.05) is 0 Å². The molecule has 0 aromatic rings. The van der Waals surface area contributed by atoms with Gasteiger partial charge in [-0.25, -0.2) is 0 Å². The molecule has 0 N–H and O–H groups in total. The molecule has 1 fully saturated rings. The SMILES string of the molecule is C=C(C=CC(=C)C1OC1(C)C)SC. The molecule has 0 spiro atoms. The van der Waals surface area contributed by atoms with E-state index >= 15 is 0 Å². The fourth-order valence-corrected chi connectivity index (χ4v) is 1.35.